The Labute approximate surface area is 203 Å². The number of carbonyl (C=O) groups excluding carboxylic acids is 3. The van der Waals surface area contributed by atoms with Crippen LogP contribution >= 0.6 is 0 Å². The lowest BCUT2D eigenvalue weighted by atomic mass is 10.0. The number of imide groups is 1. The summed E-state index contributed by atoms with van der Waals surface area (Å²) in [5.74, 6) is -0.545. The first-order valence-electron chi connectivity index (χ1n) is 11.4. The van der Waals surface area contributed by atoms with E-state index in [0.29, 0.717) is 49.7 Å². The van der Waals surface area contributed by atoms with Crippen molar-refractivity contribution >= 4 is 39.9 Å². The maximum absolute atomic E-state index is 13.0. The van der Waals surface area contributed by atoms with Gasteiger partial charge in [-0.3, -0.25) is 24.6 Å². The number of piperidine rings is 1. The normalized spacial score (nSPS) is 20.9. The molecule has 35 heavy (non-hydrogen) atoms. The molecule has 184 valence electrons. The minimum atomic E-state index is -2.44. The fraction of sp³-hybridized carbons (Fsp3) is 0.391. The highest BCUT2D eigenvalue weighted by Crippen LogP contribution is 2.32. The molecule has 1 aromatic heterocycles. The van der Waals surface area contributed by atoms with Gasteiger partial charge in [-0.15, -0.1) is 0 Å². The van der Waals surface area contributed by atoms with Crippen molar-refractivity contribution in [1.29, 1.82) is 0 Å². The maximum Gasteiger partial charge on any atom is 0.255 e. The summed E-state index contributed by atoms with van der Waals surface area (Å²) in [5, 5.41) is 2.31. The van der Waals surface area contributed by atoms with Gasteiger partial charge in [0.05, 0.1) is 11.6 Å². The van der Waals surface area contributed by atoms with E-state index in [1.807, 2.05) is 23.1 Å². The first kappa shape index (κ1) is 23.2. The molecular weight excluding hydrogens is 472 g/mol. The monoisotopic (exact) mass is 498 g/mol. The van der Waals surface area contributed by atoms with E-state index in [1.54, 1.807) is 12.1 Å². The predicted octanol–water partition coefficient (Wildman–Crippen LogP) is -0.217. The van der Waals surface area contributed by atoms with Crippen LogP contribution in [0.5, 0.6) is 0 Å². The first-order valence-corrected chi connectivity index (χ1v) is 12.8. The number of nitrogens with one attached hydrogen (secondary N) is 1. The number of thiol groups is 1. The number of piperazine rings is 1. The lowest BCUT2D eigenvalue weighted by molar-refractivity contribution is -0.136. The van der Waals surface area contributed by atoms with Crippen molar-refractivity contribution in [3.63, 3.8) is 0 Å². The molecule has 3 aliphatic rings. The Kier molecular flexibility index (Phi) is 6.15. The molecule has 0 aliphatic carbocycles. The maximum atomic E-state index is 13.0. The van der Waals surface area contributed by atoms with Crippen LogP contribution in [0.1, 0.15) is 28.8 Å². The van der Waals surface area contributed by atoms with E-state index in [-0.39, 0.29) is 30.7 Å². The predicted molar refractivity (Wildman–Crippen MR) is 129 cm³/mol. The molecule has 5 rings (SSSR count). The third-order valence-electron chi connectivity index (χ3n) is 6.70. The van der Waals surface area contributed by atoms with Gasteiger partial charge in [-0.05, 0) is 30.2 Å². The number of hydrogen-bond acceptors (Lipinski definition) is 9. The minimum Gasteiger partial charge on any atom is -0.384 e. The van der Waals surface area contributed by atoms with Crippen LogP contribution in [0.25, 0.3) is 11.3 Å². The van der Waals surface area contributed by atoms with E-state index in [9.17, 15) is 22.8 Å². The number of fused-ring (bicyclic) bond motifs is 1. The zero-order valence-corrected chi connectivity index (χ0v) is 19.9. The Hall–Kier alpha value is -3.51. The van der Waals surface area contributed by atoms with Crippen LogP contribution in [0.4, 0.5) is 11.5 Å². The van der Waals surface area contributed by atoms with Crippen molar-refractivity contribution in [1.82, 2.24) is 20.1 Å². The number of benzene rings is 1. The smallest absolute Gasteiger partial charge is 0.255 e. The van der Waals surface area contributed by atoms with Crippen LogP contribution < -0.4 is 16.0 Å². The van der Waals surface area contributed by atoms with Gasteiger partial charge in [-0.1, -0.05) is 6.07 Å². The molecule has 3 aliphatic heterocycles. The lowest BCUT2D eigenvalue weighted by Crippen LogP contribution is -2.52. The largest absolute Gasteiger partial charge is 0.384 e. The van der Waals surface area contributed by atoms with E-state index in [2.05, 4.69) is 15.2 Å². The van der Waals surface area contributed by atoms with Crippen LogP contribution in [0.15, 0.2) is 30.3 Å². The van der Waals surface area contributed by atoms with Crippen molar-refractivity contribution in [3.05, 3.63) is 41.5 Å². The van der Waals surface area contributed by atoms with Crippen LogP contribution in [-0.2, 0) is 26.8 Å². The van der Waals surface area contributed by atoms with E-state index in [4.69, 9.17) is 5.73 Å². The Balaban J connectivity index is 1.35. The topological polar surface area (TPSA) is 146 Å². The minimum absolute atomic E-state index is 0.0661. The average molecular weight is 499 g/mol. The van der Waals surface area contributed by atoms with Gasteiger partial charge in [0.15, 0.2) is 10.7 Å². The van der Waals surface area contributed by atoms with E-state index in [0.717, 1.165) is 16.8 Å². The summed E-state index contributed by atoms with van der Waals surface area (Å²) in [6, 6.07) is 8.54. The molecule has 0 radical (unpaired) electrons. The second-order valence-corrected chi connectivity index (χ2v) is 9.93. The first-order chi connectivity index (χ1) is 16.8. The van der Waals surface area contributed by atoms with Crippen LogP contribution in [-0.4, -0.2) is 79.0 Å². The summed E-state index contributed by atoms with van der Waals surface area (Å²) in [5.41, 5.74) is 9.82. The quantitative estimate of drug-likeness (QED) is 0.376. The highest BCUT2D eigenvalue weighted by atomic mass is 32.2. The molecule has 4 heterocycles. The molecule has 3 N–H and O–H groups in total. The summed E-state index contributed by atoms with van der Waals surface area (Å²) >= 11 is 0. The van der Waals surface area contributed by atoms with Crippen LogP contribution in [0, 0.1) is 0 Å². The number of anilines is 2. The summed E-state index contributed by atoms with van der Waals surface area (Å²) in [6.45, 7) is 2.90. The highest BCUT2D eigenvalue weighted by Gasteiger charge is 2.39. The number of nitrogens with zero attached hydrogens (tertiary/aromatic N) is 4. The number of nitrogens with two attached hydrogens (primary N) is 1. The molecule has 12 heteroatoms. The SMILES string of the molecule is Nc1cc(N2CCN(C[SH](=O)=O)CC2)cc(-c2ccc3c(c2)CN(C2CCC(=O)NC2=O)C3=O)n1. The van der Waals surface area contributed by atoms with E-state index < -0.39 is 22.7 Å². The molecule has 2 fully saturated rings. The van der Waals surface area contributed by atoms with Gasteiger partial charge >= 0.3 is 0 Å². The summed E-state index contributed by atoms with van der Waals surface area (Å²) in [6.07, 6.45) is 0.525. The number of nitrogen functional groups attached to an aromatic ring is 1. The third-order valence-corrected chi connectivity index (χ3v) is 7.33. The van der Waals surface area contributed by atoms with Crippen molar-refractivity contribution in [2.45, 2.75) is 25.4 Å². The second kappa shape index (κ2) is 9.27. The molecule has 3 amide bonds. The van der Waals surface area contributed by atoms with Crippen LogP contribution in [0.2, 0.25) is 0 Å². The molecular formula is C23H26N6O5S. The molecule has 1 unspecified atom stereocenters. The van der Waals surface area contributed by atoms with Crippen molar-refractivity contribution in [2.24, 2.45) is 0 Å². The molecule has 2 saturated heterocycles. The van der Waals surface area contributed by atoms with Gasteiger partial charge in [-0.2, -0.15) is 0 Å². The van der Waals surface area contributed by atoms with E-state index in [1.165, 1.54) is 4.90 Å². The standard InChI is InChI=1S/C23H26N6O5S/c24-20-11-16(28-7-5-27(6-8-28)13-35(33)34)10-18(25-20)14-1-2-17-15(9-14)12-29(23(17)32)19-3-4-21(30)26-22(19)31/h1-2,9-11,19,35H,3-8,12-13H2,(H2,24,25)(H,26,30,31). The number of aromatic nitrogens is 1. The number of pyridine rings is 1. The third kappa shape index (κ3) is 4.71. The Morgan fingerprint density at radius 1 is 1.06 bits per heavy atom. The molecule has 1 aromatic carbocycles. The zero-order chi connectivity index (χ0) is 24.7. The fourth-order valence-electron chi connectivity index (χ4n) is 4.91. The van der Waals surface area contributed by atoms with Gasteiger partial charge in [0.1, 0.15) is 11.9 Å². The molecule has 0 spiro atoms. The van der Waals surface area contributed by atoms with Crippen molar-refractivity contribution in [3.8, 4) is 11.3 Å². The Morgan fingerprint density at radius 3 is 2.54 bits per heavy atom. The second-order valence-electron chi connectivity index (χ2n) is 8.99. The highest BCUT2D eigenvalue weighted by molar-refractivity contribution is 7.72. The molecule has 0 saturated carbocycles. The molecule has 2 aromatic rings. The summed E-state index contributed by atoms with van der Waals surface area (Å²) < 4.78 is 22.0. The number of carbonyl (C=O) groups is 3. The van der Waals surface area contributed by atoms with Crippen molar-refractivity contribution in [2.75, 3.05) is 42.7 Å². The van der Waals surface area contributed by atoms with Crippen molar-refractivity contribution < 1.29 is 22.8 Å². The number of amides is 3. The molecule has 1 atom stereocenters. The van der Waals surface area contributed by atoms with Gasteiger partial charge in [0, 0.05) is 62.0 Å². The van der Waals surface area contributed by atoms with Gasteiger partial charge in [-0.25, -0.2) is 13.4 Å². The van der Waals surface area contributed by atoms with E-state index >= 15 is 0 Å². The number of rotatable bonds is 5. The number of hydrogen-bond donors (Lipinski definition) is 3. The van der Waals surface area contributed by atoms with Gasteiger partial charge in [0.2, 0.25) is 11.8 Å². The average Bonchev–Trinajstić information content (AvgIpc) is 3.14. The van der Waals surface area contributed by atoms with Crippen LogP contribution in [0.3, 0.4) is 0 Å². The summed E-state index contributed by atoms with van der Waals surface area (Å²) in [7, 11) is -2.44. The molecule has 11 nitrogen and oxygen atoms in total. The van der Waals surface area contributed by atoms with Gasteiger partial charge in [0.25, 0.3) is 5.91 Å². The lowest BCUT2D eigenvalue weighted by Gasteiger charge is -2.35. The summed E-state index contributed by atoms with van der Waals surface area (Å²) in [4.78, 5) is 46.8. The Bertz CT molecular complexity index is 1280. The zero-order valence-electron chi connectivity index (χ0n) is 19.0. The molecule has 0 bridgehead atoms. The fourth-order valence-corrected chi connectivity index (χ4v) is 5.52. The Morgan fingerprint density at radius 2 is 1.83 bits per heavy atom. The van der Waals surface area contributed by atoms with Gasteiger partial charge < -0.3 is 15.5 Å².